The van der Waals surface area contributed by atoms with Gasteiger partial charge in [-0.3, -0.25) is 4.98 Å². The van der Waals surface area contributed by atoms with Crippen LogP contribution in [0.4, 0.5) is 0 Å². The van der Waals surface area contributed by atoms with E-state index < -0.39 is 0 Å². The number of aryl methyl sites for hydroxylation is 2. The molecule has 0 aliphatic carbocycles. The third-order valence-corrected chi connectivity index (χ3v) is 4.89. The van der Waals surface area contributed by atoms with Crippen molar-refractivity contribution in [1.82, 2.24) is 35.1 Å². The van der Waals surface area contributed by atoms with Gasteiger partial charge in [-0.25, -0.2) is 4.68 Å². The lowest BCUT2D eigenvalue weighted by Gasteiger charge is -2.06. The molecule has 0 unspecified atom stereocenters. The van der Waals surface area contributed by atoms with E-state index in [0.29, 0.717) is 17.5 Å². The van der Waals surface area contributed by atoms with Crippen molar-refractivity contribution in [3.8, 4) is 17.2 Å². The van der Waals surface area contributed by atoms with E-state index in [2.05, 4.69) is 30.4 Å². The summed E-state index contributed by atoms with van der Waals surface area (Å²) in [5.74, 6) is 1.78. The Morgan fingerprint density at radius 2 is 1.89 bits per heavy atom. The maximum absolute atomic E-state index is 5.40. The molecular weight excluding hydrogens is 362 g/mol. The van der Waals surface area contributed by atoms with Gasteiger partial charge in [0, 0.05) is 23.7 Å². The van der Waals surface area contributed by atoms with Crippen LogP contribution in [0, 0.1) is 13.8 Å². The van der Waals surface area contributed by atoms with Crippen LogP contribution < -0.4 is 0 Å². The van der Waals surface area contributed by atoms with E-state index >= 15 is 0 Å². The number of hydrogen-bond donors (Lipinski definition) is 0. The molecule has 0 saturated heterocycles. The second-order valence-corrected chi connectivity index (χ2v) is 7.38. The summed E-state index contributed by atoms with van der Waals surface area (Å²) in [7, 11) is 0. The van der Waals surface area contributed by atoms with Gasteiger partial charge in [-0.05, 0) is 51.1 Å². The number of thioether (sulfide) groups is 1. The molecule has 0 radical (unpaired) electrons. The predicted octanol–water partition coefficient (Wildman–Crippen LogP) is 3.58. The summed E-state index contributed by atoms with van der Waals surface area (Å²) in [5.41, 5.74) is 2.83. The molecule has 0 saturated carbocycles. The molecule has 4 rings (SSSR count). The van der Waals surface area contributed by atoms with Crippen molar-refractivity contribution in [2.24, 2.45) is 0 Å². The van der Waals surface area contributed by atoms with Crippen LogP contribution in [0.3, 0.4) is 0 Å². The molecule has 136 valence electrons. The molecule has 0 spiro atoms. The van der Waals surface area contributed by atoms with E-state index in [-0.39, 0.29) is 5.25 Å². The van der Waals surface area contributed by atoms with E-state index in [1.807, 2.05) is 51.1 Å². The van der Waals surface area contributed by atoms with Crippen LogP contribution in [-0.4, -0.2) is 35.1 Å². The third-order valence-electron chi connectivity index (χ3n) is 3.88. The Bertz CT molecular complexity index is 1040. The Labute approximate surface area is 160 Å². The quantitative estimate of drug-likeness (QED) is 0.486. The number of rotatable bonds is 5. The molecule has 0 aromatic carbocycles. The summed E-state index contributed by atoms with van der Waals surface area (Å²) >= 11 is 1.51. The van der Waals surface area contributed by atoms with Crippen molar-refractivity contribution >= 4 is 11.8 Å². The minimum atomic E-state index is -0.0538. The van der Waals surface area contributed by atoms with Crippen LogP contribution in [0.15, 0.2) is 52.3 Å². The summed E-state index contributed by atoms with van der Waals surface area (Å²) in [5, 5.41) is 17.7. The predicted molar refractivity (Wildman–Crippen MR) is 100 cm³/mol. The van der Waals surface area contributed by atoms with Crippen LogP contribution in [-0.2, 0) is 0 Å². The first-order chi connectivity index (χ1) is 13.1. The molecule has 0 aliphatic heterocycles. The molecule has 1 atom stereocenters. The molecule has 8 nitrogen and oxygen atoms in total. The molecule has 0 N–H and O–H groups in total. The molecule has 9 heteroatoms. The fraction of sp³-hybridized carbons (Fsp3) is 0.222. The maximum atomic E-state index is 5.40. The SMILES string of the molecule is Cc1cc(C)n(-c2ccc(S[C@H](C)c3nc(-c4ccncc4)no3)nn2)n1. The van der Waals surface area contributed by atoms with Gasteiger partial charge in [-0.15, -0.1) is 10.2 Å². The van der Waals surface area contributed by atoms with E-state index in [9.17, 15) is 0 Å². The van der Waals surface area contributed by atoms with Gasteiger partial charge in [0.15, 0.2) is 5.82 Å². The third kappa shape index (κ3) is 3.72. The van der Waals surface area contributed by atoms with Gasteiger partial charge in [0.2, 0.25) is 11.7 Å². The fourth-order valence-corrected chi connectivity index (χ4v) is 3.39. The highest BCUT2D eigenvalue weighted by Gasteiger charge is 2.17. The number of aromatic nitrogens is 7. The summed E-state index contributed by atoms with van der Waals surface area (Å²) in [6.07, 6.45) is 3.40. The molecule has 4 heterocycles. The molecule has 0 amide bonds. The lowest BCUT2D eigenvalue weighted by molar-refractivity contribution is 0.380. The Kier molecular flexibility index (Phi) is 4.68. The van der Waals surface area contributed by atoms with Crippen LogP contribution in [0.2, 0.25) is 0 Å². The van der Waals surface area contributed by atoms with Crippen LogP contribution in [0.5, 0.6) is 0 Å². The van der Waals surface area contributed by atoms with Crippen molar-refractivity contribution in [3.05, 3.63) is 60.0 Å². The highest BCUT2D eigenvalue weighted by atomic mass is 32.2. The molecule has 4 aromatic heterocycles. The molecule has 0 aliphatic rings. The lowest BCUT2D eigenvalue weighted by Crippen LogP contribution is -2.03. The molecule has 0 bridgehead atoms. The highest BCUT2D eigenvalue weighted by Crippen LogP contribution is 2.33. The lowest BCUT2D eigenvalue weighted by atomic mass is 10.2. The van der Waals surface area contributed by atoms with Gasteiger partial charge in [0.1, 0.15) is 5.03 Å². The van der Waals surface area contributed by atoms with E-state index in [1.165, 1.54) is 11.8 Å². The first kappa shape index (κ1) is 17.3. The molecule has 4 aromatic rings. The smallest absolute Gasteiger partial charge is 0.240 e. The Morgan fingerprint density at radius 3 is 2.56 bits per heavy atom. The zero-order chi connectivity index (χ0) is 18.8. The molecular formula is C18H17N7OS. The fourth-order valence-electron chi connectivity index (χ4n) is 2.60. The van der Waals surface area contributed by atoms with Gasteiger partial charge < -0.3 is 4.52 Å². The average Bonchev–Trinajstić information content (AvgIpc) is 3.30. The van der Waals surface area contributed by atoms with E-state index in [1.54, 1.807) is 17.1 Å². The Hall–Kier alpha value is -3.07. The zero-order valence-electron chi connectivity index (χ0n) is 15.1. The number of pyridine rings is 1. The summed E-state index contributed by atoms with van der Waals surface area (Å²) < 4.78 is 7.18. The van der Waals surface area contributed by atoms with Gasteiger partial charge in [-0.1, -0.05) is 16.9 Å². The number of hydrogen-bond acceptors (Lipinski definition) is 8. The molecule has 0 fully saturated rings. The van der Waals surface area contributed by atoms with Crippen LogP contribution in [0.25, 0.3) is 17.2 Å². The largest absolute Gasteiger partial charge is 0.338 e. The zero-order valence-corrected chi connectivity index (χ0v) is 15.9. The second kappa shape index (κ2) is 7.28. The Balaban J connectivity index is 1.48. The minimum absolute atomic E-state index is 0.0538. The van der Waals surface area contributed by atoms with Crippen molar-refractivity contribution < 1.29 is 4.52 Å². The van der Waals surface area contributed by atoms with Crippen molar-refractivity contribution in [3.63, 3.8) is 0 Å². The van der Waals surface area contributed by atoms with Crippen LogP contribution in [0.1, 0.15) is 29.5 Å². The highest BCUT2D eigenvalue weighted by molar-refractivity contribution is 7.99. The van der Waals surface area contributed by atoms with Crippen molar-refractivity contribution in [1.29, 1.82) is 0 Å². The summed E-state index contributed by atoms with van der Waals surface area (Å²) in [6.45, 7) is 5.93. The summed E-state index contributed by atoms with van der Waals surface area (Å²) in [6, 6.07) is 9.51. The summed E-state index contributed by atoms with van der Waals surface area (Å²) in [4.78, 5) is 8.46. The van der Waals surface area contributed by atoms with E-state index in [4.69, 9.17) is 4.52 Å². The number of nitrogens with zero attached hydrogens (tertiary/aromatic N) is 7. The van der Waals surface area contributed by atoms with Crippen molar-refractivity contribution in [2.45, 2.75) is 31.0 Å². The average molecular weight is 379 g/mol. The van der Waals surface area contributed by atoms with Gasteiger partial charge in [-0.2, -0.15) is 10.1 Å². The Morgan fingerprint density at radius 1 is 1.07 bits per heavy atom. The second-order valence-electron chi connectivity index (χ2n) is 6.02. The topological polar surface area (TPSA) is 95.4 Å². The van der Waals surface area contributed by atoms with Gasteiger partial charge in [0.05, 0.1) is 10.9 Å². The van der Waals surface area contributed by atoms with Gasteiger partial charge in [0.25, 0.3) is 0 Å². The van der Waals surface area contributed by atoms with E-state index in [0.717, 1.165) is 22.0 Å². The maximum Gasteiger partial charge on any atom is 0.240 e. The first-order valence-corrected chi connectivity index (χ1v) is 9.26. The minimum Gasteiger partial charge on any atom is -0.338 e. The first-order valence-electron chi connectivity index (χ1n) is 8.38. The van der Waals surface area contributed by atoms with Crippen molar-refractivity contribution in [2.75, 3.05) is 0 Å². The molecule has 27 heavy (non-hydrogen) atoms. The van der Waals surface area contributed by atoms with Gasteiger partial charge >= 0.3 is 0 Å². The van der Waals surface area contributed by atoms with Crippen LogP contribution >= 0.6 is 11.8 Å². The monoisotopic (exact) mass is 379 g/mol. The normalized spacial score (nSPS) is 12.3. The standard InChI is InChI=1S/C18H17N7OS/c1-11-10-12(2)25(23-11)15-4-5-16(22-21-15)27-13(3)18-20-17(24-26-18)14-6-8-19-9-7-14/h4-10,13H,1-3H3/t13-/m1/s1.